The number of nitrogens with one attached hydrogen (secondary N) is 1. The number of esters is 1. The number of ether oxygens (including phenoxy) is 1. The Morgan fingerprint density at radius 2 is 1.59 bits per heavy atom. The Labute approximate surface area is 156 Å². The summed E-state index contributed by atoms with van der Waals surface area (Å²) in [6.45, 7) is 0.0111. The van der Waals surface area contributed by atoms with Crippen LogP contribution in [0.15, 0.2) is 54.6 Å². The third-order valence-electron chi connectivity index (χ3n) is 4.16. The summed E-state index contributed by atoms with van der Waals surface area (Å²) in [5, 5.41) is 12.9. The van der Waals surface area contributed by atoms with Gasteiger partial charge in [0.1, 0.15) is 6.61 Å². The Kier molecular flexibility index (Phi) is 5.95. The molecule has 2 amide bonds. The van der Waals surface area contributed by atoms with Gasteiger partial charge in [-0.05, 0) is 17.7 Å². The minimum atomic E-state index is -0.992. The summed E-state index contributed by atoms with van der Waals surface area (Å²) < 4.78 is 5.12. The minimum Gasteiger partial charge on any atom is -0.460 e. The van der Waals surface area contributed by atoms with E-state index in [9.17, 15) is 19.5 Å². The molecular weight excluding hydrogens is 348 g/mol. The number of aliphatic hydroxyl groups excluding tert-OH is 1. The van der Waals surface area contributed by atoms with Gasteiger partial charge in [0.25, 0.3) is 11.8 Å². The van der Waals surface area contributed by atoms with Crippen LogP contribution in [0.25, 0.3) is 0 Å². The number of imide groups is 1. The molecule has 1 aliphatic rings. The van der Waals surface area contributed by atoms with Gasteiger partial charge in [0.15, 0.2) is 0 Å². The van der Waals surface area contributed by atoms with Gasteiger partial charge in [-0.2, -0.15) is 0 Å². The van der Waals surface area contributed by atoms with Crippen molar-refractivity contribution in [3.05, 3.63) is 71.3 Å². The number of fused-ring (bicyclic) bond motifs is 1. The summed E-state index contributed by atoms with van der Waals surface area (Å²) in [5.41, 5.74) is 1.57. The van der Waals surface area contributed by atoms with E-state index in [2.05, 4.69) is 5.32 Å². The third kappa shape index (κ3) is 4.58. The van der Waals surface area contributed by atoms with Gasteiger partial charge in [0.2, 0.25) is 0 Å². The zero-order valence-corrected chi connectivity index (χ0v) is 14.6. The van der Waals surface area contributed by atoms with Crippen molar-refractivity contribution in [2.24, 2.45) is 0 Å². The van der Waals surface area contributed by atoms with E-state index < -0.39 is 23.9 Å². The molecule has 1 atom stereocenters. The number of hydrogen-bond donors (Lipinski definition) is 2. The topological polar surface area (TPSA) is 95.9 Å². The number of aliphatic hydroxyl groups is 1. The Hall–Kier alpha value is -3.03. The van der Waals surface area contributed by atoms with Gasteiger partial charge in [-0.3, -0.25) is 19.3 Å². The molecule has 140 valence electrons. The van der Waals surface area contributed by atoms with E-state index in [4.69, 9.17) is 4.74 Å². The molecule has 2 aromatic rings. The van der Waals surface area contributed by atoms with E-state index in [-0.39, 0.29) is 26.2 Å². The standard InChI is InChI=1S/C20H20N2O5/c23-15(10-21-11-18(24)27-13-14-6-2-1-3-7-14)12-22-19(25)16-8-4-5-9-17(16)20(22)26/h1-9,15,21,23H,10-13H2. The summed E-state index contributed by atoms with van der Waals surface area (Å²) >= 11 is 0. The van der Waals surface area contributed by atoms with Gasteiger partial charge in [-0.25, -0.2) is 0 Å². The van der Waals surface area contributed by atoms with Crippen molar-refractivity contribution in [1.82, 2.24) is 10.2 Å². The molecule has 0 radical (unpaired) electrons. The molecule has 0 fully saturated rings. The van der Waals surface area contributed by atoms with Gasteiger partial charge in [0, 0.05) is 6.54 Å². The second-order valence-electron chi connectivity index (χ2n) is 6.20. The maximum Gasteiger partial charge on any atom is 0.320 e. The number of carbonyl (C=O) groups is 3. The molecule has 27 heavy (non-hydrogen) atoms. The molecule has 0 saturated carbocycles. The van der Waals surface area contributed by atoms with Crippen LogP contribution in [0, 0.1) is 0 Å². The molecule has 1 aliphatic heterocycles. The number of hydrogen-bond acceptors (Lipinski definition) is 6. The van der Waals surface area contributed by atoms with Crippen LogP contribution in [0.3, 0.4) is 0 Å². The highest BCUT2D eigenvalue weighted by Crippen LogP contribution is 2.22. The fourth-order valence-corrected chi connectivity index (χ4v) is 2.81. The van der Waals surface area contributed by atoms with E-state index in [0.29, 0.717) is 11.1 Å². The smallest absolute Gasteiger partial charge is 0.320 e. The van der Waals surface area contributed by atoms with Gasteiger partial charge < -0.3 is 15.2 Å². The number of β-amino-alcohol motifs (C(OH)–C–C–N with tert-alkyl or cyclic N) is 1. The van der Waals surface area contributed by atoms with Crippen molar-refractivity contribution in [1.29, 1.82) is 0 Å². The monoisotopic (exact) mass is 368 g/mol. The summed E-state index contributed by atoms with van der Waals surface area (Å²) in [7, 11) is 0. The third-order valence-corrected chi connectivity index (χ3v) is 4.16. The molecule has 1 heterocycles. The summed E-state index contributed by atoms with van der Waals surface area (Å²) in [5.74, 6) is -1.29. The van der Waals surface area contributed by atoms with Crippen molar-refractivity contribution >= 4 is 17.8 Å². The first-order valence-electron chi connectivity index (χ1n) is 8.60. The molecule has 2 N–H and O–H groups in total. The maximum atomic E-state index is 12.2. The predicted molar refractivity (Wildman–Crippen MR) is 96.9 cm³/mol. The predicted octanol–water partition coefficient (Wildman–Crippen LogP) is 0.976. The Balaban J connectivity index is 1.40. The molecule has 0 saturated heterocycles. The first kappa shape index (κ1) is 18.8. The van der Waals surface area contributed by atoms with E-state index in [1.807, 2.05) is 30.3 Å². The van der Waals surface area contributed by atoms with Gasteiger partial charge in [-0.1, -0.05) is 42.5 Å². The normalized spacial score (nSPS) is 14.2. The molecule has 2 aromatic carbocycles. The Morgan fingerprint density at radius 3 is 2.22 bits per heavy atom. The number of nitrogens with zero attached hydrogens (tertiary/aromatic N) is 1. The van der Waals surface area contributed by atoms with Crippen molar-refractivity contribution in [3.63, 3.8) is 0 Å². The Morgan fingerprint density at radius 1 is 1.00 bits per heavy atom. The molecule has 7 heteroatoms. The van der Waals surface area contributed by atoms with Crippen LogP contribution in [0.4, 0.5) is 0 Å². The number of rotatable bonds is 8. The maximum absolute atomic E-state index is 12.2. The van der Waals surface area contributed by atoms with Crippen LogP contribution in [-0.2, 0) is 16.1 Å². The molecule has 3 rings (SSSR count). The molecule has 0 aromatic heterocycles. The highest BCUT2D eigenvalue weighted by atomic mass is 16.5. The van der Waals surface area contributed by atoms with E-state index in [1.54, 1.807) is 24.3 Å². The lowest BCUT2D eigenvalue weighted by atomic mass is 10.1. The van der Waals surface area contributed by atoms with Crippen molar-refractivity contribution in [3.8, 4) is 0 Å². The fraction of sp³-hybridized carbons (Fsp3) is 0.250. The SMILES string of the molecule is O=C(CNCC(O)CN1C(=O)c2ccccc2C1=O)OCc1ccccc1. The minimum absolute atomic E-state index is 0.0494. The number of amides is 2. The van der Waals surface area contributed by atoms with Crippen molar-refractivity contribution < 1.29 is 24.2 Å². The fourth-order valence-electron chi connectivity index (χ4n) is 2.81. The van der Waals surface area contributed by atoms with Gasteiger partial charge in [-0.15, -0.1) is 0 Å². The first-order chi connectivity index (χ1) is 13.1. The van der Waals surface area contributed by atoms with Crippen LogP contribution >= 0.6 is 0 Å². The van der Waals surface area contributed by atoms with E-state index >= 15 is 0 Å². The molecule has 0 bridgehead atoms. The van der Waals surface area contributed by atoms with Gasteiger partial charge >= 0.3 is 5.97 Å². The summed E-state index contributed by atoms with van der Waals surface area (Å²) in [6, 6.07) is 15.8. The first-order valence-corrected chi connectivity index (χ1v) is 8.60. The van der Waals surface area contributed by atoms with Crippen LogP contribution < -0.4 is 5.32 Å². The lowest BCUT2D eigenvalue weighted by molar-refractivity contribution is -0.143. The highest BCUT2D eigenvalue weighted by molar-refractivity contribution is 6.21. The van der Waals surface area contributed by atoms with Crippen molar-refractivity contribution in [2.45, 2.75) is 12.7 Å². The summed E-state index contributed by atoms with van der Waals surface area (Å²) in [6.07, 6.45) is -0.992. The van der Waals surface area contributed by atoms with E-state index in [0.717, 1.165) is 10.5 Å². The summed E-state index contributed by atoms with van der Waals surface area (Å²) in [4.78, 5) is 37.2. The second kappa shape index (κ2) is 8.57. The van der Waals surface area contributed by atoms with Crippen LogP contribution in [0.1, 0.15) is 26.3 Å². The molecule has 7 nitrogen and oxygen atoms in total. The van der Waals surface area contributed by atoms with Crippen LogP contribution in [-0.4, -0.2) is 53.5 Å². The largest absolute Gasteiger partial charge is 0.460 e. The highest BCUT2D eigenvalue weighted by Gasteiger charge is 2.35. The molecular formula is C20H20N2O5. The lowest BCUT2D eigenvalue weighted by Gasteiger charge is -2.18. The number of carbonyl (C=O) groups excluding carboxylic acids is 3. The Bertz CT molecular complexity index is 802. The average Bonchev–Trinajstić information content (AvgIpc) is 2.92. The van der Waals surface area contributed by atoms with Crippen molar-refractivity contribution in [2.75, 3.05) is 19.6 Å². The van der Waals surface area contributed by atoms with Gasteiger partial charge in [0.05, 0.1) is 30.3 Å². The van der Waals surface area contributed by atoms with Crippen LogP contribution in [0.5, 0.6) is 0 Å². The molecule has 0 spiro atoms. The molecule has 1 unspecified atom stereocenters. The second-order valence-corrected chi connectivity index (χ2v) is 6.20. The number of benzene rings is 2. The zero-order chi connectivity index (χ0) is 19.2. The average molecular weight is 368 g/mol. The lowest BCUT2D eigenvalue weighted by Crippen LogP contribution is -2.42. The molecule has 0 aliphatic carbocycles. The zero-order valence-electron chi connectivity index (χ0n) is 14.6. The quantitative estimate of drug-likeness (QED) is 0.533. The van der Waals surface area contributed by atoms with E-state index in [1.165, 1.54) is 0 Å². The van der Waals surface area contributed by atoms with Crippen LogP contribution in [0.2, 0.25) is 0 Å².